The number of halogens is 1. The molecule has 0 bridgehead atoms. The first-order valence-electron chi connectivity index (χ1n) is 7.40. The molecule has 3 aromatic rings. The third-order valence-electron chi connectivity index (χ3n) is 3.41. The number of nitrogens with one attached hydrogen (secondary N) is 1. The predicted molar refractivity (Wildman–Crippen MR) is 90.7 cm³/mol. The third-order valence-corrected chi connectivity index (χ3v) is 3.65. The largest absolute Gasteiger partial charge is 0.421 e. The Labute approximate surface area is 143 Å². The Morgan fingerprint density at radius 3 is 2.96 bits per heavy atom. The van der Waals surface area contributed by atoms with Crippen LogP contribution in [0, 0.1) is 6.92 Å². The van der Waals surface area contributed by atoms with E-state index in [9.17, 15) is 4.79 Å². The summed E-state index contributed by atoms with van der Waals surface area (Å²) in [5.41, 5.74) is 2.40. The highest BCUT2D eigenvalue weighted by atomic mass is 35.5. The SMILES string of the molecule is Cc1ccc(Cl)cc1NC(=O)CCc1nnc(-c2cccnc2)o1. The van der Waals surface area contributed by atoms with Crippen molar-refractivity contribution in [1.82, 2.24) is 15.2 Å². The molecule has 6 nitrogen and oxygen atoms in total. The Hall–Kier alpha value is -2.73. The summed E-state index contributed by atoms with van der Waals surface area (Å²) in [6.07, 6.45) is 3.91. The standard InChI is InChI=1S/C17H15ClN4O2/c1-11-4-5-13(18)9-14(11)20-15(23)6-7-16-21-22-17(24-16)12-3-2-8-19-10-12/h2-5,8-10H,6-7H2,1H3,(H,20,23). The molecule has 0 fully saturated rings. The van der Waals surface area contributed by atoms with Crippen molar-refractivity contribution in [2.75, 3.05) is 5.32 Å². The van der Waals surface area contributed by atoms with E-state index in [1.807, 2.05) is 19.1 Å². The molecule has 0 saturated heterocycles. The summed E-state index contributed by atoms with van der Waals surface area (Å²) in [4.78, 5) is 16.1. The monoisotopic (exact) mass is 342 g/mol. The molecule has 0 radical (unpaired) electrons. The zero-order chi connectivity index (χ0) is 16.9. The average molecular weight is 343 g/mol. The van der Waals surface area contributed by atoms with Gasteiger partial charge in [-0.1, -0.05) is 17.7 Å². The molecule has 1 N–H and O–H groups in total. The van der Waals surface area contributed by atoms with Crippen LogP contribution in [0.2, 0.25) is 5.02 Å². The first-order chi connectivity index (χ1) is 11.6. The number of benzene rings is 1. The van der Waals surface area contributed by atoms with Gasteiger partial charge in [-0.05, 0) is 36.8 Å². The Morgan fingerprint density at radius 1 is 1.29 bits per heavy atom. The number of pyridine rings is 1. The Bertz CT molecular complexity index is 849. The molecule has 2 heterocycles. The summed E-state index contributed by atoms with van der Waals surface area (Å²) in [7, 11) is 0. The van der Waals surface area contributed by atoms with Crippen molar-refractivity contribution in [3.8, 4) is 11.5 Å². The van der Waals surface area contributed by atoms with Gasteiger partial charge in [0.05, 0.1) is 5.56 Å². The van der Waals surface area contributed by atoms with Crippen LogP contribution >= 0.6 is 11.6 Å². The number of amides is 1. The van der Waals surface area contributed by atoms with Crippen LogP contribution in [0.1, 0.15) is 17.9 Å². The average Bonchev–Trinajstić information content (AvgIpc) is 3.06. The van der Waals surface area contributed by atoms with Crippen molar-refractivity contribution >= 4 is 23.2 Å². The van der Waals surface area contributed by atoms with E-state index in [0.717, 1.165) is 11.1 Å². The van der Waals surface area contributed by atoms with E-state index < -0.39 is 0 Å². The molecule has 2 aromatic heterocycles. The van der Waals surface area contributed by atoms with Gasteiger partial charge >= 0.3 is 0 Å². The fraction of sp³-hybridized carbons (Fsp3) is 0.176. The fourth-order valence-corrected chi connectivity index (χ4v) is 2.29. The van der Waals surface area contributed by atoms with E-state index in [1.165, 1.54) is 0 Å². The number of aryl methyl sites for hydroxylation is 2. The van der Waals surface area contributed by atoms with E-state index in [4.69, 9.17) is 16.0 Å². The lowest BCUT2D eigenvalue weighted by Gasteiger charge is -2.08. The predicted octanol–water partition coefficient (Wildman–Crippen LogP) is 3.66. The minimum atomic E-state index is -0.138. The number of nitrogens with zero attached hydrogens (tertiary/aromatic N) is 3. The number of hydrogen-bond acceptors (Lipinski definition) is 5. The molecule has 24 heavy (non-hydrogen) atoms. The normalized spacial score (nSPS) is 10.6. The first kappa shape index (κ1) is 16.1. The van der Waals surface area contributed by atoms with E-state index in [0.29, 0.717) is 28.9 Å². The van der Waals surface area contributed by atoms with Gasteiger partial charge in [-0.3, -0.25) is 9.78 Å². The molecule has 1 aromatic carbocycles. The molecule has 0 aliphatic heterocycles. The van der Waals surface area contributed by atoms with Gasteiger partial charge in [0.1, 0.15) is 0 Å². The maximum Gasteiger partial charge on any atom is 0.249 e. The Balaban J connectivity index is 1.59. The van der Waals surface area contributed by atoms with Crippen LogP contribution in [0.25, 0.3) is 11.5 Å². The van der Waals surface area contributed by atoms with Crippen molar-refractivity contribution in [3.63, 3.8) is 0 Å². The first-order valence-corrected chi connectivity index (χ1v) is 7.78. The van der Waals surface area contributed by atoms with Crippen molar-refractivity contribution in [2.45, 2.75) is 19.8 Å². The van der Waals surface area contributed by atoms with E-state index >= 15 is 0 Å². The van der Waals surface area contributed by atoms with E-state index in [2.05, 4.69) is 20.5 Å². The molecular weight excluding hydrogens is 328 g/mol. The van der Waals surface area contributed by atoms with Crippen LogP contribution in [0.4, 0.5) is 5.69 Å². The molecule has 0 unspecified atom stereocenters. The minimum absolute atomic E-state index is 0.138. The number of carbonyl (C=O) groups is 1. The molecule has 0 saturated carbocycles. The summed E-state index contributed by atoms with van der Waals surface area (Å²) in [6.45, 7) is 1.91. The Kier molecular flexibility index (Phi) is 4.86. The van der Waals surface area contributed by atoms with Gasteiger partial charge in [0.25, 0.3) is 0 Å². The number of carbonyl (C=O) groups excluding carboxylic acids is 1. The highest BCUT2D eigenvalue weighted by Crippen LogP contribution is 2.21. The van der Waals surface area contributed by atoms with Gasteiger partial charge in [-0.2, -0.15) is 0 Å². The minimum Gasteiger partial charge on any atom is -0.421 e. The van der Waals surface area contributed by atoms with Gasteiger partial charge in [0.15, 0.2) is 0 Å². The van der Waals surface area contributed by atoms with Crippen LogP contribution in [-0.4, -0.2) is 21.1 Å². The van der Waals surface area contributed by atoms with Gasteiger partial charge in [0.2, 0.25) is 17.7 Å². The highest BCUT2D eigenvalue weighted by molar-refractivity contribution is 6.31. The molecule has 0 atom stereocenters. The second-order valence-corrected chi connectivity index (χ2v) is 5.69. The van der Waals surface area contributed by atoms with Crippen LogP contribution in [0.5, 0.6) is 0 Å². The summed E-state index contributed by atoms with van der Waals surface area (Å²) >= 11 is 5.94. The van der Waals surface area contributed by atoms with Gasteiger partial charge in [0, 0.05) is 35.9 Å². The molecule has 0 aliphatic rings. The van der Waals surface area contributed by atoms with Gasteiger partial charge in [-0.15, -0.1) is 10.2 Å². The van der Waals surface area contributed by atoms with Crippen LogP contribution in [0.15, 0.2) is 47.1 Å². The second-order valence-electron chi connectivity index (χ2n) is 5.25. The highest BCUT2D eigenvalue weighted by Gasteiger charge is 2.11. The zero-order valence-corrected chi connectivity index (χ0v) is 13.7. The number of aromatic nitrogens is 3. The fourth-order valence-electron chi connectivity index (χ4n) is 2.12. The molecule has 0 spiro atoms. The molecule has 3 rings (SSSR count). The van der Waals surface area contributed by atoms with E-state index in [1.54, 1.807) is 30.6 Å². The van der Waals surface area contributed by atoms with Crippen LogP contribution < -0.4 is 5.32 Å². The second kappa shape index (κ2) is 7.23. The molecule has 7 heteroatoms. The maximum absolute atomic E-state index is 12.1. The van der Waals surface area contributed by atoms with Crippen molar-refractivity contribution in [2.24, 2.45) is 0 Å². The van der Waals surface area contributed by atoms with Gasteiger partial charge in [-0.25, -0.2) is 0 Å². The lowest BCUT2D eigenvalue weighted by Crippen LogP contribution is -2.13. The summed E-state index contributed by atoms with van der Waals surface area (Å²) in [6, 6.07) is 8.99. The molecule has 1 amide bonds. The molecule has 0 aliphatic carbocycles. The molecular formula is C17H15ClN4O2. The van der Waals surface area contributed by atoms with Gasteiger partial charge < -0.3 is 9.73 Å². The lowest BCUT2D eigenvalue weighted by atomic mass is 10.2. The number of hydrogen-bond donors (Lipinski definition) is 1. The molecule has 122 valence electrons. The van der Waals surface area contributed by atoms with Crippen molar-refractivity contribution in [1.29, 1.82) is 0 Å². The topological polar surface area (TPSA) is 80.9 Å². The maximum atomic E-state index is 12.1. The van der Waals surface area contributed by atoms with Crippen molar-refractivity contribution < 1.29 is 9.21 Å². The quantitative estimate of drug-likeness (QED) is 0.765. The zero-order valence-electron chi connectivity index (χ0n) is 13.0. The lowest BCUT2D eigenvalue weighted by molar-refractivity contribution is -0.116. The van der Waals surface area contributed by atoms with Crippen molar-refractivity contribution in [3.05, 3.63) is 59.2 Å². The summed E-state index contributed by atoms with van der Waals surface area (Å²) in [5.74, 6) is 0.664. The smallest absolute Gasteiger partial charge is 0.249 e. The van der Waals surface area contributed by atoms with Crippen LogP contribution in [-0.2, 0) is 11.2 Å². The summed E-state index contributed by atoms with van der Waals surface area (Å²) < 4.78 is 5.55. The van der Waals surface area contributed by atoms with E-state index in [-0.39, 0.29) is 12.3 Å². The third kappa shape index (κ3) is 3.97. The number of anilines is 1. The number of rotatable bonds is 5. The van der Waals surface area contributed by atoms with Crippen LogP contribution in [0.3, 0.4) is 0 Å². The summed E-state index contributed by atoms with van der Waals surface area (Å²) in [5, 5.41) is 11.3. The Morgan fingerprint density at radius 2 is 2.17 bits per heavy atom.